The molecular weight excluding hydrogens is 322 g/mol. The summed E-state index contributed by atoms with van der Waals surface area (Å²) in [5, 5.41) is 6.33. The summed E-state index contributed by atoms with van der Waals surface area (Å²) in [4.78, 5) is 13.1. The lowest BCUT2D eigenvalue weighted by Gasteiger charge is -2.37. The van der Waals surface area contributed by atoms with E-state index in [2.05, 4.69) is 10.6 Å². The van der Waals surface area contributed by atoms with E-state index in [-0.39, 0.29) is 23.6 Å². The van der Waals surface area contributed by atoms with Gasteiger partial charge in [0.2, 0.25) is 5.91 Å². The summed E-state index contributed by atoms with van der Waals surface area (Å²) in [6, 6.07) is 12.1. The molecule has 5 heteroatoms. The standard InChI is InChI=1S/C20H22F2N2O/c1-14(15-2-6-17(21)7-3-15)24-19(25)20(10-12-23-13-11-20)16-4-8-18(22)9-5-16/h2-9,14,23H,10-13H2,1H3,(H,24,25)/t14-/m0/s1. The number of piperidine rings is 1. The Morgan fingerprint density at radius 3 is 2.08 bits per heavy atom. The lowest BCUT2D eigenvalue weighted by molar-refractivity contribution is -0.128. The summed E-state index contributed by atoms with van der Waals surface area (Å²) in [5.41, 5.74) is 1.00. The van der Waals surface area contributed by atoms with E-state index in [1.54, 1.807) is 24.3 Å². The van der Waals surface area contributed by atoms with Gasteiger partial charge >= 0.3 is 0 Å². The van der Waals surface area contributed by atoms with E-state index in [1.165, 1.54) is 24.3 Å². The zero-order valence-corrected chi connectivity index (χ0v) is 14.2. The summed E-state index contributed by atoms with van der Waals surface area (Å²) in [6.07, 6.45) is 1.31. The monoisotopic (exact) mass is 344 g/mol. The largest absolute Gasteiger partial charge is 0.349 e. The molecule has 1 amide bonds. The lowest BCUT2D eigenvalue weighted by Crippen LogP contribution is -2.51. The first-order chi connectivity index (χ1) is 12.0. The number of hydrogen-bond acceptors (Lipinski definition) is 2. The van der Waals surface area contributed by atoms with Crippen LogP contribution in [0, 0.1) is 11.6 Å². The van der Waals surface area contributed by atoms with Gasteiger partial charge < -0.3 is 10.6 Å². The molecule has 3 nitrogen and oxygen atoms in total. The number of nitrogens with one attached hydrogen (secondary N) is 2. The molecule has 0 aliphatic carbocycles. The maximum atomic E-state index is 13.3. The maximum Gasteiger partial charge on any atom is 0.231 e. The molecule has 0 unspecified atom stereocenters. The van der Waals surface area contributed by atoms with Crippen molar-refractivity contribution in [3.63, 3.8) is 0 Å². The molecule has 2 N–H and O–H groups in total. The van der Waals surface area contributed by atoms with Gasteiger partial charge in [-0.05, 0) is 68.2 Å². The highest BCUT2D eigenvalue weighted by Crippen LogP contribution is 2.34. The van der Waals surface area contributed by atoms with Crippen LogP contribution in [0.15, 0.2) is 48.5 Å². The van der Waals surface area contributed by atoms with Crippen LogP contribution in [-0.2, 0) is 10.2 Å². The van der Waals surface area contributed by atoms with E-state index in [0.29, 0.717) is 12.8 Å². The van der Waals surface area contributed by atoms with Crippen molar-refractivity contribution < 1.29 is 13.6 Å². The van der Waals surface area contributed by atoms with Gasteiger partial charge in [0.25, 0.3) is 0 Å². The Hall–Kier alpha value is -2.27. The van der Waals surface area contributed by atoms with Gasteiger partial charge in [0.15, 0.2) is 0 Å². The first kappa shape index (κ1) is 17.5. The summed E-state index contributed by atoms with van der Waals surface area (Å²) < 4.78 is 26.4. The van der Waals surface area contributed by atoms with Crippen molar-refractivity contribution in [2.75, 3.05) is 13.1 Å². The fourth-order valence-corrected chi connectivity index (χ4v) is 3.44. The lowest BCUT2D eigenvalue weighted by atomic mass is 9.72. The molecule has 1 saturated heterocycles. The number of benzene rings is 2. The molecular formula is C20H22F2N2O. The number of amides is 1. The molecule has 1 fully saturated rings. The molecule has 0 bridgehead atoms. The Morgan fingerprint density at radius 2 is 1.52 bits per heavy atom. The van der Waals surface area contributed by atoms with Crippen molar-refractivity contribution in [1.82, 2.24) is 10.6 Å². The third-order valence-corrected chi connectivity index (χ3v) is 5.01. The molecule has 1 heterocycles. The SMILES string of the molecule is C[C@H](NC(=O)C1(c2ccc(F)cc2)CCNCC1)c1ccc(F)cc1. The smallest absolute Gasteiger partial charge is 0.231 e. The van der Waals surface area contributed by atoms with Crippen LogP contribution in [-0.4, -0.2) is 19.0 Å². The van der Waals surface area contributed by atoms with Gasteiger partial charge in [-0.2, -0.15) is 0 Å². The van der Waals surface area contributed by atoms with Crippen molar-refractivity contribution in [2.24, 2.45) is 0 Å². The average molecular weight is 344 g/mol. The molecule has 1 atom stereocenters. The molecule has 0 spiro atoms. The first-order valence-corrected chi connectivity index (χ1v) is 8.54. The quantitative estimate of drug-likeness (QED) is 0.892. The molecule has 2 aromatic carbocycles. The number of hydrogen-bond donors (Lipinski definition) is 2. The second-order valence-corrected chi connectivity index (χ2v) is 6.59. The minimum Gasteiger partial charge on any atom is -0.349 e. The van der Waals surface area contributed by atoms with E-state index < -0.39 is 5.41 Å². The Balaban J connectivity index is 1.84. The Kier molecular flexibility index (Phi) is 5.13. The van der Waals surface area contributed by atoms with E-state index in [9.17, 15) is 13.6 Å². The molecule has 3 rings (SSSR count). The highest BCUT2D eigenvalue weighted by atomic mass is 19.1. The molecule has 0 radical (unpaired) electrons. The van der Waals surface area contributed by atoms with E-state index in [4.69, 9.17) is 0 Å². The van der Waals surface area contributed by atoms with Crippen LogP contribution in [0.1, 0.15) is 36.9 Å². The number of carbonyl (C=O) groups excluding carboxylic acids is 1. The van der Waals surface area contributed by atoms with Crippen molar-refractivity contribution in [2.45, 2.75) is 31.2 Å². The molecule has 1 aliphatic rings. The molecule has 1 aliphatic heterocycles. The van der Waals surface area contributed by atoms with Crippen LogP contribution in [0.25, 0.3) is 0 Å². The van der Waals surface area contributed by atoms with E-state index in [0.717, 1.165) is 24.2 Å². The van der Waals surface area contributed by atoms with Gasteiger partial charge in [-0.25, -0.2) is 8.78 Å². The highest BCUT2D eigenvalue weighted by molar-refractivity contribution is 5.88. The summed E-state index contributed by atoms with van der Waals surface area (Å²) in [5.74, 6) is -0.686. The zero-order valence-electron chi connectivity index (χ0n) is 14.2. The van der Waals surface area contributed by atoms with E-state index in [1.807, 2.05) is 6.92 Å². The van der Waals surface area contributed by atoms with Crippen LogP contribution in [0.3, 0.4) is 0 Å². The summed E-state index contributed by atoms with van der Waals surface area (Å²) >= 11 is 0. The average Bonchev–Trinajstić information content (AvgIpc) is 2.63. The Morgan fingerprint density at radius 1 is 1.00 bits per heavy atom. The maximum absolute atomic E-state index is 13.3. The number of carbonyl (C=O) groups is 1. The van der Waals surface area contributed by atoms with Crippen LogP contribution in [0.4, 0.5) is 8.78 Å². The van der Waals surface area contributed by atoms with Crippen molar-refractivity contribution in [3.8, 4) is 0 Å². The Bertz CT molecular complexity index is 722. The Labute approximate surface area is 146 Å². The predicted octanol–water partition coefficient (Wildman–Crippen LogP) is 3.46. The fourth-order valence-electron chi connectivity index (χ4n) is 3.44. The van der Waals surface area contributed by atoms with E-state index >= 15 is 0 Å². The van der Waals surface area contributed by atoms with Crippen LogP contribution >= 0.6 is 0 Å². The van der Waals surface area contributed by atoms with Gasteiger partial charge in [-0.15, -0.1) is 0 Å². The molecule has 132 valence electrons. The minimum atomic E-state index is -0.673. The fraction of sp³-hybridized carbons (Fsp3) is 0.350. The third-order valence-electron chi connectivity index (χ3n) is 5.01. The first-order valence-electron chi connectivity index (χ1n) is 8.54. The molecule has 25 heavy (non-hydrogen) atoms. The molecule has 0 aromatic heterocycles. The van der Waals surface area contributed by atoms with Gasteiger partial charge in [-0.3, -0.25) is 4.79 Å². The highest BCUT2D eigenvalue weighted by Gasteiger charge is 2.41. The number of halogens is 2. The summed E-state index contributed by atoms with van der Waals surface area (Å²) in [6.45, 7) is 3.34. The minimum absolute atomic E-state index is 0.0718. The van der Waals surface area contributed by atoms with Crippen LogP contribution < -0.4 is 10.6 Å². The van der Waals surface area contributed by atoms with Crippen LogP contribution in [0.2, 0.25) is 0 Å². The number of rotatable bonds is 4. The van der Waals surface area contributed by atoms with Gasteiger partial charge in [0.05, 0.1) is 11.5 Å². The summed E-state index contributed by atoms with van der Waals surface area (Å²) in [7, 11) is 0. The van der Waals surface area contributed by atoms with Gasteiger partial charge in [0.1, 0.15) is 11.6 Å². The zero-order chi connectivity index (χ0) is 17.9. The normalized spacial score (nSPS) is 17.7. The second-order valence-electron chi connectivity index (χ2n) is 6.59. The van der Waals surface area contributed by atoms with Gasteiger partial charge in [0, 0.05) is 0 Å². The molecule has 2 aromatic rings. The van der Waals surface area contributed by atoms with Gasteiger partial charge in [-0.1, -0.05) is 24.3 Å². The third kappa shape index (κ3) is 3.71. The second kappa shape index (κ2) is 7.31. The topological polar surface area (TPSA) is 41.1 Å². The molecule has 0 saturated carbocycles. The van der Waals surface area contributed by atoms with Crippen molar-refractivity contribution in [1.29, 1.82) is 0 Å². The van der Waals surface area contributed by atoms with Crippen LogP contribution in [0.5, 0.6) is 0 Å². The predicted molar refractivity (Wildman–Crippen MR) is 93.1 cm³/mol. The van der Waals surface area contributed by atoms with Crippen molar-refractivity contribution in [3.05, 3.63) is 71.3 Å². The van der Waals surface area contributed by atoms with Crippen molar-refractivity contribution >= 4 is 5.91 Å².